The van der Waals surface area contributed by atoms with Gasteiger partial charge in [-0.2, -0.15) is 4.39 Å². The number of ether oxygens (including phenoxy) is 2. The fourth-order valence-corrected chi connectivity index (χ4v) is 2.92. The van der Waals surface area contributed by atoms with Crippen molar-refractivity contribution in [2.75, 3.05) is 6.61 Å². The van der Waals surface area contributed by atoms with Crippen LogP contribution in [-0.2, 0) is 6.61 Å². The Bertz CT molecular complexity index is 1010. The van der Waals surface area contributed by atoms with Crippen molar-refractivity contribution in [1.82, 2.24) is 0 Å². The first-order valence-electron chi connectivity index (χ1n) is 9.69. The average molecular weight is 412 g/mol. The molecule has 0 spiro atoms. The lowest BCUT2D eigenvalue weighted by Crippen LogP contribution is -2.00. The molecule has 0 aliphatic heterocycles. The normalized spacial score (nSPS) is 10.7. The largest absolute Gasteiger partial charge is 0.493 e. The molecule has 0 fully saturated rings. The van der Waals surface area contributed by atoms with Crippen molar-refractivity contribution in [3.63, 3.8) is 0 Å². The molecule has 0 unspecified atom stereocenters. The third-order valence-electron chi connectivity index (χ3n) is 4.66. The minimum absolute atomic E-state index is 0.0691. The molecule has 0 amide bonds. The minimum Gasteiger partial charge on any atom is -0.493 e. The average Bonchev–Trinajstić information content (AvgIpc) is 2.75. The Hall–Kier alpha value is -3.21. The first-order chi connectivity index (χ1) is 14.5. The van der Waals surface area contributed by atoms with E-state index >= 15 is 0 Å². The Morgan fingerprint density at radius 2 is 1.67 bits per heavy atom. The number of hydrogen-bond donors (Lipinski definition) is 0. The number of hydrogen-bond acceptors (Lipinski definition) is 2. The van der Waals surface area contributed by atoms with E-state index in [-0.39, 0.29) is 23.7 Å². The van der Waals surface area contributed by atoms with Gasteiger partial charge < -0.3 is 9.47 Å². The SMILES string of the molecule is C=CCCCOc1ccc(-c2ccc(COc3ccc(C)c(F)c3F)cc2)c(F)c1. The third kappa shape index (κ3) is 5.23. The Morgan fingerprint density at radius 1 is 0.900 bits per heavy atom. The molecular weight excluding hydrogens is 389 g/mol. The topological polar surface area (TPSA) is 18.5 Å². The zero-order chi connectivity index (χ0) is 21.5. The zero-order valence-electron chi connectivity index (χ0n) is 16.8. The summed E-state index contributed by atoms with van der Waals surface area (Å²) in [5.74, 6) is -1.95. The summed E-state index contributed by atoms with van der Waals surface area (Å²) in [5.41, 5.74) is 2.12. The van der Waals surface area contributed by atoms with Crippen LogP contribution in [0.4, 0.5) is 13.2 Å². The lowest BCUT2D eigenvalue weighted by Gasteiger charge is -2.11. The third-order valence-corrected chi connectivity index (χ3v) is 4.66. The molecule has 5 heteroatoms. The fourth-order valence-electron chi connectivity index (χ4n) is 2.92. The molecule has 0 aliphatic rings. The first kappa shape index (κ1) is 21.5. The highest BCUT2D eigenvalue weighted by atomic mass is 19.2. The molecule has 0 saturated heterocycles. The summed E-state index contributed by atoms with van der Waals surface area (Å²) in [5, 5.41) is 0. The number of allylic oxidation sites excluding steroid dienone is 1. The number of halogens is 3. The molecule has 0 radical (unpaired) electrons. The van der Waals surface area contributed by atoms with Crippen LogP contribution in [0.25, 0.3) is 11.1 Å². The molecule has 0 bridgehead atoms. The quantitative estimate of drug-likeness (QED) is 0.278. The summed E-state index contributed by atoms with van der Waals surface area (Å²) in [6, 6.07) is 14.7. The zero-order valence-corrected chi connectivity index (χ0v) is 16.8. The predicted molar refractivity (Wildman–Crippen MR) is 112 cm³/mol. The number of rotatable bonds is 9. The molecule has 0 heterocycles. The number of benzene rings is 3. The van der Waals surface area contributed by atoms with E-state index in [0.717, 1.165) is 18.4 Å². The lowest BCUT2D eigenvalue weighted by atomic mass is 10.0. The van der Waals surface area contributed by atoms with Crippen molar-refractivity contribution >= 4 is 0 Å². The molecule has 0 aromatic heterocycles. The van der Waals surface area contributed by atoms with E-state index in [4.69, 9.17) is 9.47 Å². The van der Waals surface area contributed by atoms with Gasteiger partial charge in [-0.3, -0.25) is 0 Å². The van der Waals surface area contributed by atoms with Crippen LogP contribution in [0.3, 0.4) is 0 Å². The van der Waals surface area contributed by atoms with Crippen LogP contribution in [0.1, 0.15) is 24.0 Å². The van der Waals surface area contributed by atoms with Crippen molar-refractivity contribution in [3.8, 4) is 22.6 Å². The second-order valence-electron chi connectivity index (χ2n) is 6.92. The molecule has 0 N–H and O–H groups in total. The van der Waals surface area contributed by atoms with Crippen LogP contribution in [0.5, 0.6) is 11.5 Å². The maximum absolute atomic E-state index is 14.5. The molecule has 2 nitrogen and oxygen atoms in total. The van der Waals surface area contributed by atoms with E-state index in [0.29, 0.717) is 23.5 Å². The van der Waals surface area contributed by atoms with Crippen molar-refractivity contribution in [2.45, 2.75) is 26.4 Å². The monoisotopic (exact) mass is 412 g/mol. The summed E-state index contributed by atoms with van der Waals surface area (Å²) in [7, 11) is 0. The van der Waals surface area contributed by atoms with Crippen molar-refractivity contribution < 1.29 is 22.6 Å². The molecule has 0 atom stereocenters. The molecule has 3 aromatic carbocycles. The van der Waals surface area contributed by atoms with Crippen LogP contribution in [0.2, 0.25) is 0 Å². The summed E-state index contributed by atoms with van der Waals surface area (Å²) >= 11 is 0. The van der Waals surface area contributed by atoms with Gasteiger partial charge in [0.15, 0.2) is 11.6 Å². The molecule has 3 rings (SSSR count). The van der Waals surface area contributed by atoms with Gasteiger partial charge in [0.1, 0.15) is 18.2 Å². The summed E-state index contributed by atoms with van der Waals surface area (Å²) in [6.07, 6.45) is 3.50. The second-order valence-corrected chi connectivity index (χ2v) is 6.92. The van der Waals surface area contributed by atoms with Gasteiger partial charge in [-0.25, -0.2) is 8.78 Å². The highest BCUT2D eigenvalue weighted by molar-refractivity contribution is 5.65. The van der Waals surface area contributed by atoms with E-state index in [1.807, 2.05) is 6.08 Å². The highest BCUT2D eigenvalue weighted by Crippen LogP contribution is 2.27. The van der Waals surface area contributed by atoms with E-state index in [1.165, 1.54) is 25.1 Å². The fraction of sp³-hybridized carbons (Fsp3) is 0.200. The highest BCUT2D eigenvalue weighted by Gasteiger charge is 2.12. The van der Waals surface area contributed by atoms with E-state index in [2.05, 4.69) is 6.58 Å². The number of aryl methyl sites for hydroxylation is 1. The first-order valence-corrected chi connectivity index (χ1v) is 9.69. The number of unbranched alkanes of at least 4 members (excludes halogenated alkanes) is 1. The Morgan fingerprint density at radius 3 is 2.37 bits per heavy atom. The Kier molecular flexibility index (Phi) is 7.17. The summed E-state index contributed by atoms with van der Waals surface area (Å²) < 4.78 is 52.9. The van der Waals surface area contributed by atoms with Gasteiger partial charge in [0, 0.05) is 11.6 Å². The van der Waals surface area contributed by atoms with E-state index in [9.17, 15) is 13.2 Å². The summed E-state index contributed by atoms with van der Waals surface area (Å²) in [6.45, 7) is 5.71. The molecule has 156 valence electrons. The molecule has 3 aromatic rings. The molecular formula is C25H23F3O2. The maximum Gasteiger partial charge on any atom is 0.200 e. The second kappa shape index (κ2) is 10.0. The summed E-state index contributed by atoms with van der Waals surface area (Å²) in [4.78, 5) is 0. The van der Waals surface area contributed by atoms with Crippen LogP contribution < -0.4 is 9.47 Å². The van der Waals surface area contributed by atoms with Crippen LogP contribution in [0, 0.1) is 24.4 Å². The van der Waals surface area contributed by atoms with E-state index in [1.54, 1.807) is 36.4 Å². The van der Waals surface area contributed by atoms with Gasteiger partial charge in [0.2, 0.25) is 5.82 Å². The molecule has 0 aliphatic carbocycles. The molecule has 0 saturated carbocycles. The van der Waals surface area contributed by atoms with Crippen LogP contribution in [0.15, 0.2) is 67.3 Å². The van der Waals surface area contributed by atoms with Crippen molar-refractivity contribution in [2.24, 2.45) is 0 Å². The predicted octanol–water partition coefficient (Wildman–Crippen LogP) is 7.00. The van der Waals surface area contributed by atoms with Crippen molar-refractivity contribution in [1.29, 1.82) is 0 Å². The minimum atomic E-state index is -1.000. The molecule has 30 heavy (non-hydrogen) atoms. The standard InChI is InChI=1S/C25H23F3O2/c1-3-4-5-14-29-20-11-12-21(22(26)15-20)19-9-7-18(8-10-19)16-30-23-13-6-17(2)24(27)25(23)28/h3,6-13,15H,1,4-5,14,16H2,2H3. The Labute approximate surface area is 174 Å². The van der Waals surface area contributed by atoms with Crippen LogP contribution in [-0.4, -0.2) is 6.61 Å². The van der Waals surface area contributed by atoms with Crippen LogP contribution >= 0.6 is 0 Å². The van der Waals surface area contributed by atoms with Gasteiger partial charge in [-0.15, -0.1) is 6.58 Å². The Balaban J connectivity index is 1.64. The van der Waals surface area contributed by atoms with Gasteiger partial charge in [0.25, 0.3) is 0 Å². The van der Waals surface area contributed by atoms with Gasteiger partial charge in [-0.1, -0.05) is 36.4 Å². The van der Waals surface area contributed by atoms with Gasteiger partial charge >= 0.3 is 0 Å². The lowest BCUT2D eigenvalue weighted by molar-refractivity contribution is 0.284. The van der Waals surface area contributed by atoms with Crippen molar-refractivity contribution in [3.05, 3.63) is 95.8 Å². The maximum atomic E-state index is 14.5. The van der Waals surface area contributed by atoms with Gasteiger partial charge in [0.05, 0.1) is 6.61 Å². The van der Waals surface area contributed by atoms with E-state index < -0.39 is 11.6 Å². The smallest absolute Gasteiger partial charge is 0.200 e. The van der Waals surface area contributed by atoms with Gasteiger partial charge in [-0.05, 0) is 54.7 Å².